The molecule has 182 valence electrons. The van der Waals surface area contributed by atoms with E-state index in [0.29, 0.717) is 17.4 Å². The highest BCUT2D eigenvalue weighted by Gasteiger charge is 2.53. The molecule has 3 aliphatic heterocycles. The molecule has 2 aromatic heterocycles. The molecule has 2 saturated heterocycles. The van der Waals surface area contributed by atoms with Crippen molar-refractivity contribution in [1.29, 1.82) is 0 Å². The molecule has 0 N–H and O–H groups in total. The monoisotopic (exact) mass is 497 g/mol. The van der Waals surface area contributed by atoms with Crippen molar-refractivity contribution in [3.63, 3.8) is 0 Å². The van der Waals surface area contributed by atoms with Crippen molar-refractivity contribution in [3.8, 4) is 5.69 Å². The number of halogens is 2. The van der Waals surface area contributed by atoms with Gasteiger partial charge in [0.2, 0.25) is 5.95 Å². The second-order valence-electron chi connectivity index (χ2n) is 9.86. The van der Waals surface area contributed by atoms with Crippen molar-refractivity contribution in [2.75, 3.05) is 36.0 Å². The second kappa shape index (κ2) is 8.08. The van der Waals surface area contributed by atoms with Crippen LogP contribution >= 0.6 is 11.6 Å². The van der Waals surface area contributed by atoms with Gasteiger partial charge in [-0.2, -0.15) is 0 Å². The third-order valence-corrected chi connectivity index (χ3v) is 6.94. The van der Waals surface area contributed by atoms with E-state index in [4.69, 9.17) is 16.3 Å². The Morgan fingerprint density at radius 3 is 2.57 bits per heavy atom. The predicted molar refractivity (Wildman–Crippen MR) is 128 cm³/mol. The molecular weight excluding hydrogens is 473 g/mol. The summed E-state index contributed by atoms with van der Waals surface area (Å²) in [6.07, 6.45) is 0.640. The first kappa shape index (κ1) is 22.1. The van der Waals surface area contributed by atoms with Crippen LogP contribution in [0.4, 0.5) is 21.0 Å². The summed E-state index contributed by atoms with van der Waals surface area (Å²) >= 11 is 6.30. The van der Waals surface area contributed by atoms with Gasteiger partial charge in [0.25, 0.3) is 0 Å². The lowest BCUT2D eigenvalue weighted by Crippen LogP contribution is -2.73. The summed E-state index contributed by atoms with van der Waals surface area (Å²) in [5.74, 6) is 1.90. The Kier molecular flexibility index (Phi) is 5.10. The number of rotatable bonds is 3. The van der Waals surface area contributed by atoms with E-state index in [9.17, 15) is 9.18 Å². The number of amides is 1. The number of ether oxygens (including phenoxy) is 1. The van der Waals surface area contributed by atoms with E-state index >= 15 is 0 Å². The number of benzene rings is 1. The molecule has 5 heterocycles. The highest BCUT2D eigenvalue weighted by molar-refractivity contribution is 6.30. The summed E-state index contributed by atoms with van der Waals surface area (Å²) in [5, 5.41) is 9.56. The molecule has 3 aromatic rings. The molecule has 0 radical (unpaired) electrons. The smallest absolute Gasteiger partial charge is 0.410 e. The fourth-order valence-corrected chi connectivity index (χ4v) is 5.38. The Hall–Kier alpha value is -3.40. The van der Waals surface area contributed by atoms with Gasteiger partial charge in [-0.15, -0.1) is 10.2 Å². The summed E-state index contributed by atoms with van der Waals surface area (Å²) in [4.78, 5) is 22.9. The highest BCUT2D eigenvalue weighted by Crippen LogP contribution is 2.44. The van der Waals surface area contributed by atoms with Gasteiger partial charge in [0.15, 0.2) is 5.82 Å². The van der Waals surface area contributed by atoms with Crippen molar-refractivity contribution < 1.29 is 13.9 Å². The van der Waals surface area contributed by atoms with Gasteiger partial charge in [0.1, 0.15) is 11.6 Å². The molecule has 0 bridgehead atoms. The average molecular weight is 498 g/mol. The van der Waals surface area contributed by atoms with Crippen LogP contribution in [0, 0.1) is 11.2 Å². The fraction of sp³-hybridized carbons (Fsp3) is 0.417. The third kappa shape index (κ3) is 3.85. The van der Waals surface area contributed by atoms with Crippen LogP contribution in [-0.2, 0) is 17.8 Å². The zero-order valence-electron chi connectivity index (χ0n) is 19.5. The first-order valence-electron chi connectivity index (χ1n) is 11.6. The molecule has 6 rings (SSSR count). The normalized spacial score (nSPS) is 18.0. The number of anilines is 2. The third-order valence-electron chi connectivity index (χ3n) is 6.71. The minimum Gasteiger partial charge on any atom is -0.447 e. The number of carbonyl (C=O) groups excluding carboxylic acids is 1. The maximum absolute atomic E-state index is 13.2. The molecule has 0 unspecified atom stereocenters. The van der Waals surface area contributed by atoms with Gasteiger partial charge >= 0.3 is 6.09 Å². The molecule has 1 amide bonds. The number of pyridine rings is 1. The minimum absolute atomic E-state index is 0.156. The molecule has 11 heteroatoms. The van der Waals surface area contributed by atoms with Crippen LogP contribution in [0.3, 0.4) is 0 Å². The number of aromatic nitrogens is 4. The van der Waals surface area contributed by atoms with Gasteiger partial charge in [-0.05, 0) is 49.7 Å². The van der Waals surface area contributed by atoms with E-state index in [1.807, 2.05) is 36.6 Å². The van der Waals surface area contributed by atoms with Crippen molar-refractivity contribution in [1.82, 2.24) is 24.6 Å². The average Bonchev–Trinajstić information content (AvgIpc) is 3.07. The molecule has 3 aliphatic rings. The lowest BCUT2D eigenvalue weighted by Gasteiger charge is -2.60. The second-order valence-corrected chi connectivity index (χ2v) is 10.3. The Bertz CT molecular complexity index is 1280. The zero-order chi connectivity index (χ0) is 24.3. The van der Waals surface area contributed by atoms with E-state index in [0.717, 1.165) is 49.2 Å². The van der Waals surface area contributed by atoms with Crippen LogP contribution in [0.15, 0.2) is 36.5 Å². The molecular formula is C24H25ClFN7O2. The molecule has 35 heavy (non-hydrogen) atoms. The van der Waals surface area contributed by atoms with Crippen LogP contribution in [0.2, 0.25) is 5.02 Å². The van der Waals surface area contributed by atoms with Gasteiger partial charge in [0.05, 0.1) is 31.1 Å². The van der Waals surface area contributed by atoms with Crippen molar-refractivity contribution in [3.05, 3.63) is 58.8 Å². The largest absolute Gasteiger partial charge is 0.447 e. The summed E-state index contributed by atoms with van der Waals surface area (Å²) in [6, 6.07) is 8.83. The molecule has 0 saturated carbocycles. The van der Waals surface area contributed by atoms with Crippen molar-refractivity contribution in [2.24, 2.45) is 5.41 Å². The number of fused-ring (bicyclic) bond motifs is 3. The Labute approximate surface area is 207 Å². The summed E-state index contributed by atoms with van der Waals surface area (Å²) in [5.41, 5.74) is 1.98. The Morgan fingerprint density at radius 2 is 1.86 bits per heavy atom. The summed E-state index contributed by atoms with van der Waals surface area (Å²) in [6.45, 7) is 7.72. The molecule has 9 nitrogen and oxygen atoms in total. The summed E-state index contributed by atoms with van der Waals surface area (Å²) in [7, 11) is 0. The number of hydrogen-bond acceptors (Lipinski definition) is 7. The number of hydrogen-bond donors (Lipinski definition) is 0. The molecule has 2 fully saturated rings. The van der Waals surface area contributed by atoms with Crippen LogP contribution < -0.4 is 9.80 Å². The van der Waals surface area contributed by atoms with Crippen LogP contribution in [0.25, 0.3) is 5.69 Å². The summed E-state index contributed by atoms with van der Waals surface area (Å²) < 4.78 is 20.7. The molecule has 1 aromatic carbocycles. The van der Waals surface area contributed by atoms with Gasteiger partial charge in [0, 0.05) is 36.6 Å². The Morgan fingerprint density at radius 1 is 1.09 bits per heavy atom. The SMILES string of the molecule is CC(C)OC(=O)N1Cc2cc(Cl)ccc2-n2c(nnc2N2CC3(CN(c4ccc(F)cn4)C3)C2)C1. The van der Waals surface area contributed by atoms with E-state index in [-0.39, 0.29) is 23.9 Å². The Balaban J connectivity index is 1.24. The van der Waals surface area contributed by atoms with E-state index < -0.39 is 6.09 Å². The minimum atomic E-state index is -0.393. The van der Waals surface area contributed by atoms with Crippen LogP contribution in [0.1, 0.15) is 25.2 Å². The van der Waals surface area contributed by atoms with Gasteiger partial charge in [-0.25, -0.2) is 14.2 Å². The lowest BCUT2D eigenvalue weighted by atomic mass is 9.73. The van der Waals surface area contributed by atoms with Crippen LogP contribution in [0.5, 0.6) is 0 Å². The van der Waals surface area contributed by atoms with E-state index in [1.165, 1.54) is 12.3 Å². The molecule has 0 aliphatic carbocycles. The van der Waals surface area contributed by atoms with Crippen molar-refractivity contribution in [2.45, 2.75) is 33.0 Å². The molecule has 0 atom stereocenters. The van der Waals surface area contributed by atoms with Gasteiger partial charge in [-0.3, -0.25) is 9.47 Å². The van der Waals surface area contributed by atoms with Crippen LogP contribution in [-0.4, -0.2) is 63.0 Å². The lowest BCUT2D eigenvalue weighted by molar-refractivity contribution is 0.0718. The maximum atomic E-state index is 13.2. The van der Waals surface area contributed by atoms with E-state index in [2.05, 4.69) is 25.0 Å². The zero-order valence-corrected chi connectivity index (χ0v) is 20.2. The number of nitrogens with zero attached hydrogens (tertiary/aromatic N) is 7. The fourth-order valence-electron chi connectivity index (χ4n) is 5.18. The van der Waals surface area contributed by atoms with Gasteiger partial charge < -0.3 is 14.5 Å². The highest BCUT2D eigenvalue weighted by atomic mass is 35.5. The topological polar surface area (TPSA) is 79.6 Å². The first-order valence-corrected chi connectivity index (χ1v) is 12.0. The quantitative estimate of drug-likeness (QED) is 0.546. The van der Waals surface area contributed by atoms with Gasteiger partial charge in [-0.1, -0.05) is 11.6 Å². The van der Waals surface area contributed by atoms with E-state index in [1.54, 1.807) is 11.0 Å². The predicted octanol–water partition coefficient (Wildman–Crippen LogP) is 3.64. The van der Waals surface area contributed by atoms with Crippen molar-refractivity contribution >= 4 is 29.5 Å². The number of carbonyl (C=O) groups is 1. The molecule has 1 spiro atoms. The first-order chi connectivity index (χ1) is 16.8. The maximum Gasteiger partial charge on any atom is 0.410 e. The standard InChI is InChI=1S/C24H25ClFN7O2/c1-15(2)35-23(34)30-9-16-7-17(25)3-5-19(16)33-21(10-30)28-29-22(33)32-13-24(14-32)11-31(12-24)20-6-4-18(26)8-27-20/h3-8,15H,9-14H2,1-2H3.